The number of rotatable bonds is 11. The van der Waals surface area contributed by atoms with E-state index in [1.807, 2.05) is 73.3 Å². The Balaban J connectivity index is 1.72. The minimum absolute atomic E-state index is 0.132. The Kier molecular flexibility index (Phi) is 7.92. The van der Waals surface area contributed by atoms with Crippen LogP contribution in [0, 0.1) is 0 Å². The molecule has 3 rings (SSSR count). The largest absolute Gasteiger partial charge is 0.494 e. The molecule has 0 spiro atoms. The van der Waals surface area contributed by atoms with Crippen LogP contribution in [0.25, 0.3) is 0 Å². The molecule has 0 radical (unpaired) electrons. The standard InChI is InChI=1S/C24H28N2O4/c1-3-28-20-12-13-23(29-4-2)22(15-20)25-24(27)18-26(17-21-11-8-14-30-21)16-19-9-6-5-7-10-19/h5-15H,3-4,16-18H2,1-2H3,(H,25,27). The van der Waals surface area contributed by atoms with Crippen molar-refractivity contribution in [1.82, 2.24) is 4.90 Å². The zero-order valence-electron chi connectivity index (χ0n) is 17.5. The van der Waals surface area contributed by atoms with Gasteiger partial charge in [0.2, 0.25) is 5.91 Å². The summed E-state index contributed by atoms with van der Waals surface area (Å²) in [6, 6.07) is 19.3. The first-order chi connectivity index (χ1) is 14.7. The Labute approximate surface area is 177 Å². The predicted octanol–water partition coefficient (Wildman–Crippen LogP) is 4.72. The van der Waals surface area contributed by atoms with E-state index in [0.29, 0.717) is 43.5 Å². The molecule has 1 heterocycles. The number of amides is 1. The maximum Gasteiger partial charge on any atom is 0.238 e. The quantitative estimate of drug-likeness (QED) is 0.497. The Bertz CT molecular complexity index is 910. The Hall–Kier alpha value is -3.25. The minimum Gasteiger partial charge on any atom is -0.494 e. The average molecular weight is 408 g/mol. The second-order valence-corrected chi connectivity index (χ2v) is 6.78. The van der Waals surface area contributed by atoms with Crippen molar-refractivity contribution >= 4 is 11.6 Å². The summed E-state index contributed by atoms with van der Waals surface area (Å²) >= 11 is 0. The summed E-state index contributed by atoms with van der Waals surface area (Å²) in [7, 11) is 0. The van der Waals surface area contributed by atoms with E-state index < -0.39 is 0 Å². The van der Waals surface area contributed by atoms with Crippen LogP contribution in [0.3, 0.4) is 0 Å². The fourth-order valence-corrected chi connectivity index (χ4v) is 3.17. The molecule has 6 nitrogen and oxygen atoms in total. The highest BCUT2D eigenvalue weighted by molar-refractivity contribution is 5.94. The average Bonchev–Trinajstić information content (AvgIpc) is 3.24. The van der Waals surface area contributed by atoms with Crippen LogP contribution in [0.2, 0.25) is 0 Å². The summed E-state index contributed by atoms with van der Waals surface area (Å²) in [6.07, 6.45) is 1.64. The highest BCUT2D eigenvalue weighted by atomic mass is 16.5. The van der Waals surface area contributed by atoms with Gasteiger partial charge in [-0.2, -0.15) is 0 Å². The maximum absolute atomic E-state index is 12.9. The lowest BCUT2D eigenvalue weighted by Gasteiger charge is -2.21. The lowest BCUT2D eigenvalue weighted by atomic mass is 10.2. The van der Waals surface area contributed by atoms with Gasteiger partial charge in [-0.1, -0.05) is 30.3 Å². The highest BCUT2D eigenvalue weighted by Gasteiger charge is 2.16. The normalized spacial score (nSPS) is 10.8. The molecule has 0 unspecified atom stereocenters. The molecule has 30 heavy (non-hydrogen) atoms. The van der Waals surface area contributed by atoms with Gasteiger partial charge in [-0.05, 0) is 43.7 Å². The van der Waals surface area contributed by atoms with Gasteiger partial charge >= 0.3 is 0 Å². The summed E-state index contributed by atoms with van der Waals surface area (Å²) in [5, 5.41) is 2.97. The van der Waals surface area contributed by atoms with E-state index in [-0.39, 0.29) is 12.5 Å². The van der Waals surface area contributed by atoms with Crippen molar-refractivity contribution in [3.8, 4) is 11.5 Å². The number of nitrogens with one attached hydrogen (secondary N) is 1. The first-order valence-electron chi connectivity index (χ1n) is 10.2. The zero-order chi connectivity index (χ0) is 21.2. The maximum atomic E-state index is 12.9. The van der Waals surface area contributed by atoms with Gasteiger partial charge in [-0.15, -0.1) is 0 Å². The van der Waals surface area contributed by atoms with Crippen LogP contribution < -0.4 is 14.8 Å². The number of anilines is 1. The van der Waals surface area contributed by atoms with Crippen molar-refractivity contribution in [2.45, 2.75) is 26.9 Å². The van der Waals surface area contributed by atoms with Crippen molar-refractivity contribution in [2.24, 2.45) is 0 Å². The van der Waals surface area contributed by atoms with Crippen LogP contribution in [0.5, 0.6) is 11.5 Å². The highest BCUT2D eigenvalue weighted by Crippen LogP contribution is 2.29. The second-order valence-electron chi connectivity index (χ2n) is 6.78. The lowest BCUT2D eigenvalue weighted by molar-refractivity contribution is -0.117. The number of hydrogen-bond acceptors (Lipinski definition) is 5. The molecule has 6 heteroatoms. The molecule has 1 N–H and O–H groups in total. The number of hydrogen-bond donors (Lipinski definition) is 1. The van der Waals surface area contributed by atoms with E-state index in [0.717, 1.165) is 11.3 Å². The summed E-state index contributed by atoms with van der Waals surface area (Å²) in [5.74, 6) is 1.99. The van der Waals surface area contributed by atoms with Gasteiger partial charge in [0.05, 0.1) is 38.3 Å². The number of carbonyl (C=O) groups excluding carboxylic acids is 1. The van der Waals surface area contributed by atoms with Gasteiger partial charge in [-0.25, -0.2) is 0 Å². The molecule has 158 valence electrons. The topological polar surface area (TPSA) is 63.9 Å². The second kappa shape index (κ2) is 11.1. The third-order valence-electron chi connectivity index (χ3n) is 4.41. The number of carbonyl (C=O) groups is 1. The molecule has 0 atom stereocenters. The molecular weight excluding hydrogens is 380 g/mol. The molecule has 0 bridgehead atoms. The first kappa shape index (κ1) is 21.5. The molecule has 0 aliphatic heterocycles. The smallest absolute Gasteiger partial charge is 0.238 e. The fourth-order valence-electron chi connectivity index (χ4n) is 3.17. The monoisotopic (exact) mass is 408 g/mol. The summed E-state index contributed by atoms with van der Waals surface area (Å²) in [4.78, 5) is 14.9. The molecule has 2 aromatic carbocycles. The van der Waals surface area contributed by atoms with Crippen LogP contribution in [-0.2, 0) is 17.9 Å². The van der Waals surface area contributed by atoms with Gasteiger partial charge in [0.1, 0.15) is 17.3 Å². The fraction of sp³-hybridized carbons (Fsp3) is 0.292. The van der Waals surface area contributed by atoms with Crippen LogP contribution in [0.15, 0.2) is 71.3 Å². The van der Waals surface area contributed by atoms with Crippen LogP contribution in [0.4, 0.5) is 5.69 Å². The van der Waals surface area contributed by atoms with Crippen molar-refractivity contribution in [2.75, 3.05) is 25.1 Å². The predicted molar refractivity (Wildman–Crippen MR) is 117 cm³/mol. The van der Waals surface area contributed by atoms with Gasteiger partial charge in [-0.3, -0.25) is 9.69 Å². The molecule has 1 aromatic heterocycles. The number of furan rings is 1. The SMILES string of the molecule is CCOc1ccc(OCC)c(NC(=O)CN(Cc2ccccc2)Cc2ccco2)c1. The zero-order valence-corrected chi connectivity index (χ0v) is 17.5. The third kappa shape index (κ3) is 6.39. The van der Waals surface area contributed by atoms with E-state index in [1.54, 1.807) is 12.3 Å². The van der Waals surface area contributed by atoms with Crippen LogP contribution in [-0.4, -0.2) is 30.6 Å². The van der Waals surface area contributed by atoms with Crippen molar-refractivity contribution < 1.29 is 18.7 Å². The van der Waals surface area contributed by atoms with Crippen molar-refractivity contribution in [3.63, 3.8) is 0 Å². The van der Waals surface area contributed by atoms with Gasteiger partial charge < -0.3 is 19.2 Å². The first-order valence-corrected chi connectivity index (χ1v) is 10.2. The third-order valence-corrected chi connectivity index (χ3v) is 4.41. The van der Waals surface area contributed by atoms with Crippen LogP contribution in [0.1, 0.15) is 25.2 Å². The van der Waals surface area contributed by atoms with Gasteiger partial charge in [0.15, 0.2) is 0 Å². The molecule has 0 aliphatic rings. The van der Waals surface area contributed by atoms with E-state index in [1.165, 1.54) is 0 Å². The number of benzene rings is 2. The Morgan fingerprint density at radius 1 is 0.967 bits per heavy atom. The summed E-state index contributed by atoms with van der Waals surface area (Å²) < 4.78 is 16.7. The molecular formula is C24H28N2O4. The van der Waals surface area contributed by atoms with E-state index in [4.69, 9.17) is 13.9 Å². The van der Waals surface area contributed by atoms with E-state index >= 15 is 0 Å². The Morgan fingerprint density at radius 2 is 1.77 bits per heavy atom. The molecule has 0 fully saturated rings. The van der Waals surface area contributed by atoms with Gasteiger partial charge in [0.25, 0.3) is 0 Å². The van der Waals surface area contributed by atoms with Crippen molar-refractivity contribution in [1.29, 1.82) is 0 Å². The summed E-state index contributed by atoms with van der Waals surface area (Å²) in [6.45, 7) is 6.27. The van der Waals surface area contributed by atoms with Crippen molar-refractivity contribution in [3.05, 3.63) is 78.3 Å². The van der Waals surface area contributed by atoms with Crippen LogP contribution >= 0.6 is 0 Å². The Morgan fingerprint density at radius 3 is 2.47 bits per heavy atom. The molecule has 0 aliphatic carbocycles. The molecule has 0 saturated carbocycles. The minimum atomic E-state index is -0.132. The summed E-state index contributed by atoms with van der Waals surface area (Å²) in [5.41, 5.74) is 1.73. The number of nitrogens with zero attached hydrogens (tertiary/aromatic N) is 1. The van der Waals surface area contributed by atoms with Gasteiger partial charge in [0, 0.05) is 12.6 Å². The number of ether oxygens (including phenoxy) is 2. The lowest BCUT2D eigenvalue weighted by Crippen LogP contribution is -2.32. The van der Waals surface area contributed by atoms with E-state index in [9.17, 15) is 4.79 Å². The molecule has 3 aromatic rings. The molecule has 0 saturated heterocycles. The molecule has 1 amide bonds. The van der Waals surface area contributed by atoms with E-state index in [2.05, 4.69) is 5.32 Å².